The summed E-state index contributed by atoms with van der Waals surface area (Å²) in [6.45, 7) is 4.75. The summed E-state index contributed by atoms with van der Waals surface area (Å²) in [4.78, 5) is 17.2. The Bertz CT molecular complexity index is 619. The highest BCUT2D eigenvalue weighted by atomic mass is 19.1. The van der Waals surface area contributed by atoms with Crippen LogP contribution in [0.4, 0.5) is 4.39 Å². The molecule has 3 fully saturated rings. The van der Waals surface area contributed by atoms with E-state index in [1.165, 1.54) is 44.5 Å². The van der Waals surface area contributed by atoms with E-state index in [0.717, 1.165) is 45.4 Å². The predicted molar refractivity (Wildman–Crippen MR) is 98.7 cm³/mol. The summed E-state index contributed by atoms with van der Waals surface area (Å²) in [5.41, 5.74) is 0.512. The number of piperidine rings is 2. The topological polar surface area (TPSA) is 32.8 Å². The molecule has 0 unspecified atom stereocenters. The second-order valence-corrected chi connectivity index (χ2v) is 8.07. The Hall–Kier alpha value is -1.46. The highest BCUT2D eigenvalue weighted by Gasteiger charge is 2.42. The van der Waals surface area contributed by atoms with E-state index in [2.05, 4.69) is 4.90 Å². The van der Waals surface area contributed by atoms with Gasteiger partial charge in [0.05, 0.1) is 5.60 Å². The van der Waals surface area contributed by atoms with Crippen LogP contribution in [0.5, 0.6) is 0 Å². The Kier molecular flexibility index (Phi) is 5.28. The van der Waals surface area contributed by atoms with Gasteiger partial charge in [-0.25, -0.2) is 4.39 Å². The summed E-state index contributed by atoms with van der Waals surface area (Å²) < 4.78 is 19.3. The zero-order valence-corrected chi connectivity index (χ0v) is 15.5. The lowest BCUT2D eigenvalue weighted by Crippen LogP contribution is -2.55. The van der Waals surface area contributed by atoms with Crippen molar-refractivity contribution < 1.29 is 13.9 Å². The first-order valence-corrected chi connectivity index (χ1v) is 10.1. The fraction of sp³-hybridized carbons (Fsp3) is 0.667. The normalized spacial score (nSPS) is 26.8. The Balaban J connectivity index is 1.36. The van der Waals surface area contributed by atoms with E-state index in [9.17, 15) is 9.18 Å². The Labute approximate surface area is 155 Å². The van der Waals surface area contributed by atoms with Gasteiger partial charge in [-0.2, -0.15) is 0 Å². The Morgan fingerprint density at radius 2 is 1.73 bits per heavy atom. The third-order valence-electron chi connectivity index (χ3n) is 6.43. The number of carbonyl (C=O) groups is 1. The molecular weight excluding hydrogens is 331 g/mol. The van der Waals surface area contributed by atoms with Gasteiger partial charge in [0, 0.05) is 31.3 Å². The highest BCUT2D eigenvalue weighted by Crippen LogP contribution is 2.37. The molecule has 1 aromatic rings. The summed E-state index contributed by atoms with van der Waals surface area (Å²) in [6.07, 6.45) is 8.07. The van der Waals surface area contributed by atoms with Gasteiger partial charge in [-0.05, 0) is 75.9 Å². The van der Waals surface area contributed by atoms with E-state index in [1.807, 2.05) is 4.90 Å². The van der Waals surface area contributed by atoms with Crippen LogP contribution < -0.4 is 0 Å². The molecule has 1 spiro atoms. The molecule has 3 aliphatic rings. The summed E-state index contributed by atoms with van der Waals surface area (Å²) in [5, 5.41) is 0. The monoisotopic (exact) mass is 360 g/mol. The first-order valence-electron chi connectivity index (χ1n) is 10.1. The van der Waals surface area contributed by atoms with Crippen molar-refractivity contribution in [3.05, 3.63) is 35.6 Å². The van der Waals surface area contributed by atoms with E-state index in [0.29, 0.717) is 11.6 Å². The molecule has 1 aromatic carbocycles. The lowest BCUT2D eigenvalue weighted by Gasteiger charge is -2.49. The average Bonchev–Trinajstić information content (AvgIpc) is 2.69. The van der Waals surface area contributed by atoms with Crippen molar-refractivity contribution in [1.29, 1.82) is 0 Å². The maximum Gasteiger partial charge on any atom is 0.253 e. The van der Waals surface area contributed by atoms with Crippen molar-refractivity contribution >= 4 is 5.91 Å². The Morgan fingerprint density at radius 1 is 1.04 bits per heavy atom. The summed E-state index contributed by atoms with van der Waals surface area (Å²) >= 11 is 0. The van der Waals surface area contributed by atoms with Crippen LogP contribution in [0.2, 0.25) is 0 Å². The van der Waals surface area contributed by atoms with Crippen LogP contribution >= 0.6 is 0 Å². The lowest BCUT2D eigenvalue weighted by molar-refractivity contribution is -0.131. The average molecular weight is 360 g/mol. The molecule has 3 saturated heterocycles. The lowest BCUT2D eigenvalue weighted by atomic mass is 9.81. The molecule has 4 rings (SSSR count). The minimum atomic E-state index is -0.307. The van der Waals surface area contributed by atoms with Crippen molar-refractivity contribution in [2.45, 2.75) is 56.6 Å². The highest BCUT2D eigenvalue weighted by molar-refractivity contribution is 5.94. The van der Waals surface area contributed by atoms with Gasteiger partial charge in [0.15, 0.2) is 0 Å². The van der Waals surface area contributed by atoms with Crippen molar-refractivity contribution in [1.82, 2.24) is 9.80 Å². The first-order chi connectivity index (χ1) is 12.7. The zero-order chi connectivity index (χ0) is 18.0. The molecule has 3 heterocycles. The number of halogens is 1. The molecule has 0 saturated carbocycles. The number of hydrogen-bond acceptors (Lipinski definition) is 3. The van der Waals surface area contributed by atoms with Crippen LogP contribution in [-0.4, -0.2) is 60.1 Å². The van der Waals surface area contributed by atoms with Crippen molar-refractivity contribution in [2.24, 2.45) is 0 Å². The quantitative estimate of drug-likeness (QED) is 0.810. The largest absolute Gasteiger partial charge is 0.375 e. The van der Waals surface area contributed by atoms with Crippen LogP contribution in [0.25, 0.3) is 0 Å². The maximum absolute atomic E-state index is 13.1. The molecule has 0 radical (unpaired) electrons. The summed E-state index contributed by atoms with van der Waals surface area (Å²) in [6, 6.07) is 6.50. The number of ether oxygens (including phenoxy) is 1. The standard InChI is InChI=1S/C21H29FN2O2/c22-18-6-4-17(5-7-18)20(25)24-13-9-21(10-14-24)16-19(8-15-26-21)23-11-2-1-3-12-23/h4-7,19H,1-3,8-16H2/t19-/m0/s1. The number of nitrogens with zero attached hydrogens (tertiary/aromatic N) is 2. The fourth-order valence-corrected chi connectivity index (χ4v) is 4.84. The van der Waals surface area contributed by atoms with Gasteiger partial charge in [0.2, 0.25) is 0 Å². The van der Waals surface area contributed by atoms with Crippen molar-refractivity contribution in [3.8, 4) is 0 Å². The second-order valence-electron chi connectivity index (χ2n) is 8.07. The molecule has 0 aliphatic carbocycles. The fourth-order valence-electron chi connectivity index (χ4n) is 4.84. The molecule has 0 N–H and O–H groups in total. The van der Waals surface area contributed by atoms with Gasteiger partial charge in [-0.1, -0.05) is 6.42 Å². The minimum absolute atomic E-state index is 0.00300. The van der Waals surface area contributed by atoms with Gasteiger partial charge in [-0.3, -0.25) is 4.79 Å². The molecule has 5 heteroatoms. The third kappa shape index (κ3) is 3.79. The molecular formula is C21H29FN2O2. The number of hydrogen-bond donors (Lipinski definition) is 0. The number of likely N-dealkylation sites (tertiary alicyclic amines) is 2. The number of carbonyl (C=O) groups excluding carboxylic acids is 1. The van der Waals surface area contributed by atoms with Crippen LogP contribution in [-0.2, 0) is 4.74 Å². The molecule has 26 heavy (non-hydrogen) atoms. The molecule has 3 aliphatic heterocycles. The molecule has 1 amide bonds. The molecule has 4 nitrogen and oxygen atoms in total. The zero-order valence-electron chi connectivity index (χ0n) is 15.5. The second kappa shape index (κ2) is 7.65. The van der Waals surface area contributed by atoms with Gasteiger partial charge in [0.25, 0.3) is 5.91 Å². The van der Waals surface area contributed by atoms with E-state index >= 15 is 0 Å². The van der Waals surface area contributed by atoms with Gasteiger partial charge in [-0.15, -0.1) is 0 Å². The summed E-state index contributed by atoms with van der Waals surface area (Å²) in [7, 11) is 0. The van der Waals surface area contributed by atoms with E-state index in [1.54, 1.807) is 12.1 Å². The van der Waals surface area contributed by atoms with E-state index in [-0.39, 0.29) is 17.3 Å². The minimum Gasteiger partial charge on any atom is -0.375 e. The molecule has 1 atom stereocenters. The Morgan fingerprint density at radius 3 is 2.42 bits per heavy atom. The van der Waals surface area contributed by atoms with Crippen LogP contribution in [0.15, 0.2) is 24.3 Å². The number of benzene rings is 1. The predicted octanol–water partition coefficient (Wildman–Crippen LogP) is 3.47. The van der Waals surface area contributed by atoms with E-state index < -0.39 is 0 Å². The van der Waals surface area contributed by atoms with Gasteiger partial charge < -0.3 is 14.5 Å². The number of amides is 1. The van der Waals surface area contributed by atoms with Gasteiger partial charge in [0.1, 0.15) is 5.82 Å². The number of rotatable bonds is 2. The van der Waals surface area contributed by atoms with Crippen LogP contribution in [0.3, 0.4) is 0 Å². The molecule has 142 valence electrons. The van der Waals surface area contributed by atoms with E-state index in [4.69, 9.17) is 4.74 Å². The molecule has 0 bridgehead atoms. The maximum atomic E-state index is 13.1. The van der Waals surface area contributed by atoms with Crippen molar-refractivity contribution in [2.75, 3.05) is 32.8 Å². The third-order valence-corrected chi connectivity index (χ3v) is 6.43. The first kappa shape index (κ1) is 17.9. The van der Waals surface area contributed by atoms with Crippen molar-refractivity contribution in [3.63, 3.8) is 0 Å². The van der Waals surface area contributed by atoms with Gasteiger partial charge >= 0.3 is 0 Å². The SMILES string of the molecule is O=C(c1ccc(F)cc1)N1CCC2(CC1)C[C@@H](N1CCCCC1)CCO2. The van der Waals surface area contributed by atoms with Crippen LogP contribution in [0, 0.1) is 5.82 Å². The smallest absolute Gasteiger partial charge is 0.253 e. The summed E-state index contributed by atoms with van der Waals surface area (Å²) in [5.74, 6) is -0.304. The molecule has 0 aromatic heterocycles. The van der Waals surface area contributed by atoms with Crippen LogP contribution in [0.1, 0.15) is 55.3 Å².